The first-order valence-corrected chi connectivity index (χ1v) is 6.54. The summed E-state index contributed by atoms with van der Waals surface area (Å²) < 4.78 is 0. The Kier molecular flexibility index (Phi) is 4.47. The minimum absolute atomic E-state index is 0.0347. The number of rotatable bonds is 5. The second-order valence-electron chi connectivity index (χ2n) is 4.55. The number of hydrogen-bond acceptors (Lipinski definition) is 3. The first-order chi connectivity index (χ1) is 9.20. The molecule has 2 aromatic rings. The zero-order valence-electron chi connectivity index (χ0n) is 11.3. The number of likely N-dealkylation sites (N-methyl/N-ethyl adjacent to an activating group) is 1. The molecule has 4 nitrogen and oxygen atoms in total. The molecule has 1 aromatic carbocycles. The van der Waals surface area contributed by atoms with Crippen LogP contribution in [-0.4, -0.2) is 23.5 Å². The third kappa shape index (κ3) is 3.51. The van der Waals surface area contributed by atoms with Crippen molar-refractivity contribution in [2.75, 3.05) is 6.54 Å². The van der Waals surface area contributed by atoms with Crippen molar-refractivity contribution >= 4 is 16.7 Å². The van der Waals surface area contributed by atoms with Crippen molar-refractivity contribution < 1.29 is 4.79 Å². The molecule has 1 unspecified atom stereocenters. The molecule has 2 N–H and O–H groups in total. The number of amides is 1. The van der Waals surface area contributed by atoms with Crippen LogP contribution in [0.2, 0.25) is 0 Å². The van der Waals surface area contributed by atoms with E-state index in [1.807, 2.05) is 26.1 Å². The number of fused-ring (bicyclic) bond motifs is 1. The van der Waals surface area contributed by atoms with Gasteiger partial charge in [0.1, 0.15) is 0 Å². The van der Waals surface area contributed by atoms with Crippen LogP contribution in [0.5, 0.6) is 0 Å². The third-order valence-corrected chi connectivity index (χ3v) is 3.06. The Hall–Kier alpha value is -1.94. The van der Waals surface area contributed by atoms with Crippen molar-refractivity contribution in [3.05, 3.63) is 42.2 Å². The predicted molar refractivity (Wildman–Crippen MR) is 76.7 cm³/mol. The van der Waals surface area contributed by atoms with Gasteiger partial charge in [0, 0.05) is 30.9 Å². The summed E-state index contributed by atoms with van der Waals surface area (Å²) in [6, 6.07) is 8.03. The van der Waals surface area contributed by atoms with Gasteiger partial charge >= 0.3 is 0 Å². The van der Waals surface area contributed by atoms with Crippen LogP contribution in [0.1, 0.15) is 19.4 Å². The highest BCUT2D eigenvalue weighted by atomic mass is 16.2. The van der Waals surface area contributed by atoms with E-state index in [2.05, 4.69) is 33.8 Å². The predicted octanol–water partition coefficient (Wildman–Crippen LogP) is 1.85. The van der Waals surface area contributed by atoms with Gasteiger partial charge in [-0.05, 0) is 36.9 Å². The maximum atomic E-state index is 11.6. The van der Waals surface area contributed by atoms with Crippen LogP contribution >= 0.6 is 0 Å². The van der Waals surface area contributed by atoms with Gasteiger partial charge in [-0.2, -0.15) is 0 Å². The van der Waals surface area contributed by atoms with Crippen LogP contribution in [0.3, 0.4) is 0 Å². The van der Waals surface area contributed by atoms with Crippen LogP contribution in [0.25, 0.3) is 10.8 Å². The molecule has 0 spiro atoms. The Bertz CT molecular complexity index is 568. The van der Waals surface area contributed by atoms with E-state index in [4.69, 9.17) is 0 Å². The van der Waals surface area contributed by atoms with E-state index in [1.165, 1.54) is 5.39 Å². The van der Waals surface area contributed by atoms with E-state index in [1.54, 1.807) is 6.20 Å². The molecule has 19 heavy (non-hydrogen) atoms. The molecule has 1 atom stereocenters. The molecule has 0 bridgehead atoms. The average Bonchev–Trinajstić information content (AvgIpc) is 2.44. The highest BCUT2D eigenvalue weighted by Gasteiger charge is 2.10. The maximum absolute atomic E-state index is 11.6. The van der Waals surface area contributed by atoms with Crippen LogP contribution in [0.4, 0.5) is 0 Å². The summed E-state index contributed by atoms with van der Waals surface area (Å²) in [5.74, 6) is 0.0347. The van der Waals surface area contributed by atoms with Crippen LogP contribution in [0, 0.1) is 0 Å². The van der Waals surface area contributed by atoms with Gasteiger partial charge in [0.15, 0.2) is 0 Å². The number of nitrogens with zero attached hydrogens (tertiary/aromatic N) is 1. The van der Waals surface area contributed by atoms with Crippen molar-refractivity contribution in [2.45, 2.75) is 26.4 Å². The summed E-state index contributed by atoms with van der Waals surface area (Å²) >= 11 is 0. The number of benzene rings is 1. The molecule has 0 fully saturated rings. The fourth-order valence-electron chi connectivity index (χ4n) is 1.93. The van der Waals surface area contributed by atoms with E-state index in [0.29, 0.717) is 13.1 Å². The van der Waals surface area contributed by atoms with Gasteiger partial charge < -0.3 is 10.6 Å². The van der Waals surface area contributed by atoms with Crippen molar-refractivity contribution in [1.82, 2.24) is 15.6 Å². The molecule has 0 aliphatic heterocycles. The van der Waals surface area contributed by atoms with E-state index in [0.717, 1.165) is 10.9 Å². The summed E-state index contributed by atoms with van der Waals surface area (Å²) in [6.07, 6.45) is 3.64. The summed E-state index contributed by atoms with van der Waals surface area (Å²) in [6.45, 7) is 5.13. The van der Waals surface area contributed by atoms with Gasteiger partial charge in [-0.3, -0.25) is 9.78 Å². The summed E-state index contributed by atoms with van der Waals surface area (Å²) in [7, 11) is 0. The zero-order valence-corrected chi connectivity index (χ0v) is 11.3. The molecule has 1 amide bonds. The fourth-order valence-corrected chi connectivity index (χ4v) is 1.93. The van der Waals surface area contributed by atoms with Gasteiger partial charge in [-0.15, -0.1) is 0 Å². The minimum atomic E-state index is -0.187. The molecular formula is C15H19N3O. The average molecular weight is 257 g/mol. The largest absolute Gasteiger partial charge is 0.355 e. The van der Waals surface area contributed by atoms with E-state index in [9.17, 15) is 4.79 Å². The Morgan fingerprint density at radius 2 is 2.16 bits per heavy atom. The monoisotopic (exact) mass is 257 g/mol. The normalized spacial score (nSPS) is 12.3. The van der Waals surface area contributed by atoms with Gasteiger partial charge in [0.2, 0.25) is 5.91 Å². The molecule has 0 saturated carbocycles. The zero-order chi connectivity index (χ0) is 13.7. The first kappa shape index (κ1) is 13.5. The van der Waals surface area contributed by atoms with Crippen molar-refractivity contribution in [2.24, 2.45) is 0 Å². The Morgan fingerprint density at radius 3 is 2.95 bits per heavy atom. The number of nitrogens with one attached hydrogen (secondary N) is 2. The molecule has 1 heterocycles. The summed E-state index contributed by atoms with van der Waals surface area (Å²) in [5.41, 5.74) is 1.16. The lowest BCUT2D eigenvalue weighted by molar-refractivity contribution is -0.122. The number of carbonyl (C=O) groups excluding carboxylic acids is 1. The molecule has 2 rings (SSSR count). The number of pyridine rings is 1. The lowest BCUT2D eigenvalue weighted by atomic mass is 10.1. The second kappa shape index (κ2) is 6.29. The number of hydrogen-bond donors (Lipinski definition) is 2. The van der Waals surface area contributed by atoms with Gasteiger partial charge in [-0.1, -0.05) is 12.1 Å². The SMILES string of the molecule is CCNC(=O)C(C)NCc1ccc2cnccc2c1. The molecule has 0 aliphatic carbocycles. The van der Waals surface area contributed by atoms with Crippen LogP contribution in [-0.2, 0) is 11.3 Å². The molecular weight excluding hydrogens is 238 g/mol. The van der Waals surface area contributed by atoms with Gasteiger partial charge in [0.25, 0.3) is 0 Å². The fraction of sp³-hybridized carbons (Fsp3) is 0.333. The molecule has 4 heteroatoms. The maximum Gasteiger partial charge on any atom is 0.236 e. The van der Waals surface area contributed by atoms with Gasteiger partial charge in [0.05, 0.1) is 6.04 Å². The van der Waals surface area contributed by atoms with E-state index in [-0.39, 0.29) is 11.9 Å². The van der Waals surface area contributed by atoms with Crippen LogP contribution < -0.4 is 10.6 Å². The van der Waals surface area contributed by atoms with Crippen LogP contribution in [0.15, 0.2) is 36.7 Å². The lowest BCUT2D eigenvalue weighted by Gasteiger charge is -2.13. The number of aromatic nitrogens is 1. The van der Waals surface area contributed by atoms with E-state index < -0.39 is 0 Å². The Labute approximate surface area is 113 Å². The first-order valence-electron chi connectivity index (χ1n) is 6.54. The van der Waals surface area contributed by atoms with Gasteiger partial charge in [-0.25, -0.2) is 0 Å². The molecule has 0 aliphatic rings. The molecule has 0 saturated heterocycles. The topological polar surface area (TPSA) is 54.0 Å². The Morgan fingerprint density at radius 1 is 1.32 bits per heavy atom. The summed E-state index contributed by atoms with van der Waals surface area (Å²) in [4.78, 5) is 15.7. The standard InChI is InChI=1S/C15H19N3O/c1-3-17-15(19)11(2)18-9-12-4-5-14-10-16-7-6-13(14)8-12/h4-8,10-11,18H,3,9H2,1-2H3,(H,17,19). The summed E-state index contributed by atoms with van der Waals surface area (Å²) in [5, 5.41) is 8.32. The van der Waals surface area contributed by atoms with Crippen molar-refractivity contribution in [3.8, 4) is 0 Å². The minimum Gasteiger partial charge on any atom is -0.355 e. The highest BCUT2D eigenvalue weighted by molar-refractivity contribution is 5.82. The molecule has 0 radical (unpaired) electrons. The Balaban J connectivity index is 1.99. The lowest BCUT2D eigenvalue weighted by Crippen LogP contribution is -2.41. The smallest absolute Gasteiger partial charge is 0.236 e. The van der Waals surface area contributed by atoms with Crippen molar-refractivity contribution in [1.29, 1.82) is 0 Å². The quantitative estimate of drug-likeness (QED) is 0.859. The third-order valence-electron chi connectivity index (χ3n) is 3.06. The molecule has 100 valence electrons. The number of carbonyl (C=O) groups is 1. The van der Waals surface area contributed by atoms with Crippen molar-refractivity contribution in [3.63, 3.8) is 0 Å². The molecule has 1 aromatic heterocycles. The van der Waals surface area contributed by atoms with E-state index >= 15 is 0 Å². The second-order valence-corrected chi connectivity index (χ2v) is 4.55. The highest BCUT2D eigenvalue weighted by Crippen LogP contribution is 2.14.